The number of hydrogen-bond donors (Lipinski definition) is 1. The van der Waals surface area contributed by atoms with E-state index in [2.05, 4.69) is 43.8 Å². The first kappa shape index (κ1) is 15.8. The molecule has 0 radical (unpaired) electrons. The van der Waals surface area contributed by atoms with Crippen molar-refractivity contribution in [2.75, 3.05) is 12.8 Å². The van der Waals surface area contributed by atoms with Crippen LogP contribution in [-0.2, 0) is 12.8 Å². The van der Waals surface area contributed by atoms with Crippen molar-refractivity contribution in [1.82, 2.24) is 4.98 Å². The summed E-state index contributed by atoms with van der Waals surface area (Å²) in [6.45, 7) is 2.15. The van der Waals surface area contributed by atoms with E-state index in [0.717, 1.165) is 39.7 Å². The number of hydrogen-bond acceptors (Lipinski definition) is 4. The lowest BCUT2D eigenvalue weighted by Crippen LogP contribution is -1.95. The third-order valence-corrected chi connectivity index (χ3v) is 5.24. The first-order valence-electron chi connectivity index (χ1n) is 6.31. The molecule has 0 aliphatic heterocycles. The first-order valence-corrected chi connectivity index (χ1v) is 8.71. The molecule has 1 heterocycles. The average Bonchev–Trinajstić information content (AvgIpc) is 2.73. The Hall–Kier alpha value is -0.590. The van der Waals surface area contributed by atoms with Gasteiger partial charge in [0.1, 0.15) is 5.75 Å². The number of aryl methyl sites for hydroxylation is 1. The fourth-order valence-electron chi connectivity index (χ4n) is 2.01. The zero-order chi connectivity index (χ0) is 14.7. The van der Waals surface area contributed by atoms with Gasteiger partial charge in [0.2, 0.25) is 0 Å². The van der Waals surface area contributed by atoms with Gasteiger partial charge in [-0.2, -0.15) is 0 Å². The molecular formula is C14H16Br2N2OS. The molecule has 6 heteroatoms. The van der Waals surface area contributed by atoms with Gasteiger partial charge in [-0.15, -0.1) is 11.3 Å². The summed E-state index contributed by atoms with van der Waals surface area (Å²) in [5.74, 6) is 0.831. The Morgan fingerprint density at radius 2 is 2.05 bits per heavy atom. The first-order chi connectivity index (χ1) is 9.55. The minimum atomic E-state index is 0.642. The summed E-state index contributed by atoms with van der Waals surface area (Å²) in [4.78, 5) is 5.66. The minimum Gasteiger partial charge on any atom is -0.496 e. The number of nitrogens with zero attached hydrogens (tertiary/aromatic N) is 1. The van der Waals surface area contributed by atoms with Gasteiger partial charge in [0.25, 0.3) is 0 Å². The Morgan fingerprint density at radius 3 is 2.70 bits per heavy atom. The molecular weight excluding hydrogens is 404 g/mol. The van der Waals surface area contributed by atoms with Crippen LogP contribution in [0.1, 0.15) is 29.5 Å². The quantitative estimate of drug-likeness (QED) is 0.756. The fraction of sp³-hybridized carbons (Fsp3) is 0.357. The lowest BCUT2D eigenvalue weighted by atomic mass is 10.1. The van der Waals surface area contributed by atoms with E-state index in [0.29, 0.717) is 5.13 Å². The third kappa shape index (κ3) is 3.54. The van der Waals surface area contributed by atoms with Crippen LogP contribution >= 0.6 is 43.2 Å². The zero-order valence-electron chi connectivity index (χ0n) is 11.4. The van der Waals surface area contributed by atoms with Gasteiger partial charge in [0, 0.05) is 15.8 Å². The van der Waals surface area contributed by atoms with Gasteiger partial charge in [-0.05, 0) is 40.0 Å². The van der Waals surface area contributed by atoms with Crippen LogP contribution in [0.25, 0.3) is 0 Å². The van der Waals surface area contributed by atoms with Crippen molar-refractivity contribution >= 4 is 48.3 Å². The van der Waals surface area contributed by atoms with Crippen molar-refractivity contribution in [3.63, 3.8) is 0 Å². The second kappa shape index (κ2) is 6.91. The SMILES string of the molecule is CCCc1nc(N)sc1Cc1cc(OC)c(Br)cc1Br. The second-order valence-corrected chi connectivity index (χ2v) is 7.25. The minimum absolute atomic E-state index is 0.642. The summed E-state index contributed by atoms with van der Waals surface area (Å²) >= 11 is 8.66. The van der Waals surface area contributed by atoms with Crippen molar-refractivity contribution in [2.24, 2.45) is 0 Å². The Labute approximate surface area is 139 Å². The van der Waals surface area contributed by atoms with Crippen LogP contribution in [0.3, 0.4) is 0 Å². The topological polar surface area (TPSA) is 48.1 Å². The molecule has 108 valence electrons. The van der Waals surface area contributed by atoms with Gasteiger partial charge in [0.05, 0.1) is 17.3 Å². The van der Waals surface area contributed by atoms with Crippen molar-refractivity contribution in [3.05, 3.63) is 37.2 Å². The molecule has 0 amide bonds. The molecule has 0 atom stereocenters. The predicted octanol–water partition coefficient (Wildman–Crippen LogP) is 4.80. The van der Waals surface area contributed by atoms with Crippen LogP contribution in [0.2, 0.25) is 0 Å². The maximum Gasteiger partial charge on any atom is 0.180 e. The molecule has 2 N–H and O–H groups in total. The third-order valence-electron chi connectivity index (χ3n) is 2.95. The van der Waals surface area contributed by atoms with Crippen LogP contribution < -0.4 is 10.5 Å². The predicted molar refractivity (Wildman–Crippen MR) is 91.7 cm³/mol. The average molecular weight is 420 g/mol. The number of anilines is 1. The summed E-state index contributed by atoms with van der Waals surface area (Å²) in [7, 11) is 1.67. The maximum atomic E-state index is 5.85. The number of nitrogens with two attached hydrogens (primary N) is 1. The summed E-state index contributed by atoms with van der Waals surface area (Å²) in [5, 5.41) is 0.642. The molecule has 2 aromatic rings. The normalized spacial score (nSPS) is 10.8. The van der Waals surface area contributed by atoms with Gasteiger partial charge in [-0.1, -0.05) is 29.3 Å². The van der Waals surface area contributed by atoms with E-state index < -0.39 is 0 Å². The van der Waals surface area contributed by atoms with E-state index in [1.54, 1.807) is 18.4 Å². The summed E-state index contributed by atoms with van der Waals surface area (Å²) in [5.41, 5.74) is 8.13. The lowest BCUT2D eigenvalue weighted by Gasteiger charge is -2.09. The Kier molecular flexibility index (Phi) is 5.46. The maximum absolute atomic E-state index is 5.85. The highest BCUT2D eigenvalue weighted by molar-refractivity contribution is 9.11. The van der Waals surface area contributed by atoms with Gasteiger partial charge < -0.3 is 10.5 Å². The van der Waals surface area contributed by atoms with Crippen molar-refractivity contribution in [3.8, 4) is 5.75 Å². The number of halogens is 2. The molecule has 1 aromatic carbocycles. The van der Waals surface area contributed by atoms with E-state index in [-0.39, 0.29) is 0 Å². The summed E-state index contributed by atoms with van der Waals surface area (Å²) in [6, 6.07) is 4.05. The van der Waals surface area contributed by atoms with Gasteiger partial charge >= 0.3 is 0 Å². The molecule has 0 aliphatic rings. The van der Waals surface area contributed by atoms with Crippen molar-refractivity contribution in [1.29, 1.82) is 0 Å². The monoisotopic (exact) mass is 418 g/mol. The molecule has 0 saturated carbocycles. The molecule has 0 saturated heterocycles. The molecule has 0 fully saturated rings. The molecule has 0 spiro atoms. The van der Waals surface area contributed by atoms with E-state index in [9.17, 15) is 0 Å². The van der Waals surface area contributed by atoms with Crippen LogP contribution in [0.15, 0.2) is 21.1 Å². The summed E-state index contributed by atoms with van der Waals surface area (Å²) in [6.07, 6.45) is 2.85. The molecule has 2 rings (SSSR count). The lowest BCUT2D eigenvalue weighted by molar-refractivity contribution is 0.411. The second-order valence-electron chi connectivity index (χ2n) is 4.43. The Bertz CT molecular complexity index is 613. The smallest absolute Gasteiger partial charge is 0.180 e. The molecule has 0 unspecified atom stereocenters. The van der Waals surface area contributed by atoms with Crippen LogP contribution in [0.4, 0.5) is 5.13 Å². The van der Waals surface area contributed by atoms with Gasteiger partial charge in [0.15, 0.2) is 5.13 Å². The number of aromatic nitrogens is 1. The molecule has 20 heavy (non-hydrogen) atoms. The van der Waals surface area contributed by atoms with E-state index >= 15 is 0 Å². The Morgan fingerprint density at radius 1 is 1.30 bits per heavy atom. The highest BCUT2D eigenvalue weighted by Crippen LogP contribution is 2.34. The molecule has 0 bridgehead atoms. The number of nitrogen functional groups attached to an aromatic ring is 1. The highest BCUT2D eigenvalue weighted by atomic mass is 79.9. The zero-order valence-corrected chi connectivity index (χ0v) is 15.4. The molecule has 1 aromatic heterocycles. The Balaban J connectivity index is 2.34. The largest absolute Gasteiger partial charge is 0.496 e. The van der Waals surface area contributed by atoms with Crippen LogP contribution in [0, 0.1) is 0 Å². The van der Waals surface area contributed by atoms with Gasteiger partial charge in [-0.25, -0.2) is 4.98 Å². The van der Waals surface area contributed by atoms with Crippen molar-refractivity contribution < 1.29 is 4.74 Å². The van der Waals surface area contributed by atoms with Crippen molar-refractivity contribution in [2.45, 2.75) is 26.2 Å². The number of rotatable bonds is 5. The number of benzene rings is 1. The highest BCUT2D eigenvalue weighted by Gasteiger charge is 2.13. The molecule has 0 aliphatic carbocycles. The van der Waals surface area contributed by atoms with E-state index in [1.807, 2.05) is 12.1 Å². The number of thiazole rings is 1. The molecule has 3 nitrogen and oxygen atoms in total. The van der Waals surface area contributed by atoms with Crippen LogP contribution in [0.5, 0.6) is 5.75 Å². The van der Waals surface area contributed by atoms with Crippen LogP contribution in [-0.4, -0.2) is 12.1 Å². The summed E-state index contributed by atoms with van der Waals surface area (Å²) < 4.78 is 7.35. The van der Waals surface area contributed by atoms with E-state index in [1.165, 1.54) is 10.4 Å². The standard InChI is InChI=1S/C14H16Br2N2OS/c1-3-4-11-13(20-14(17)18-11)6-8-5-12(19-2)10(16)7-9(8)15/h5,7H,3-4,6H2,1-2H3,(H2,17,18). The van der Waals surface area contributed by atoms with Gasteiger partial charge in [-0.3, -0.25) is 0 Å². The van der Waals surface area contributed by atoms with E-state index in [4.69, 9.17) is 10.5 Å². The fourth-order valence-corrected chi connectivity index (χ4v) is 4.21. The number of ether oxygens (including phenoxy) is 1. The number of methoxy groups -OCH3 is 1.